The monoisotopic (exact) mass is 304 g/mol. The summed E-state index contributed by atoms with van der Waals surface area (Å²) in [6, 6.07) is 5.73. The lowest BCUT2D eigenvalue weighted by atomic mass is 10.2. The molecule has 7 heteroatoms. The van der Waals surface area contributed by atoms with E-state index in [4.69, 9.17) is 0 Å². The number of aromatic amines is 1. The Hall–Kier alpha value is -2.15. The largest absolute Gasteiger partial charge is 0.339 e. The van der Waals surface area contributed by atoms with Gasteiger partial charge < -0.3 is 9.80 Å². The van der Waals surface area contributed by atoms with Crippen LogP contribution in [0.3, 0.4) is 0 Å². The van der Waals surface area contributed by atoms with Crippen LogP contribution in [0.25, 0.3) is 10.6 Å². The lowest BCUT2D eigenvalue weighted by molar-refractivity contribution is -0.130. The van der Waals surface area contributed by atoms with Gasteiger partial charge in [0.2, 0.25) is 5.91 Å². The quantitative estimate of drug-likeness (QED) is 0.913. The van der Waals surface area contributed by atoms with E-state index in [0.29, 0.717) is 31.9 Å². The Morgan fingerprint density at radius 3 is 2.57 bits per heavy atom. The summed E-state index contributed by atoms with van der Waals surface area (Å²) >= 11 is 1.60. The fraction of sp³-hybridized carbons (Fsp3) is 0.357. The van der Waals surface area contributed by atoms with Crippen LogP contribution in [0.5, 0.6) is 0 Å². The number of hydrogen-bond donors (Lipinski definition) is 1. The van der Waals surface area contributed by atoms with E-state index < -0.39 is 0 Å². The molecule has 3 rings (SSSR count). The van der Waals surface area contributed by atoms with Crippen LogP contribution in [0.1, 0.15) is 17.4 Å². The van der Waals surface area contributed by atoms with Crippen molar-refractivity contribution in [2.24, 2.45) is 0 Å². The van der Waals surface area contributed by atoms with Crippen LogP contribution >= 0.6 is 11.3 Å². The Bertz CT molecular complexity index is 642. The lowest BCUT2D eigenvalue weighted by Crippen LogP contribution is -2.50. The van der Waals surface area contributed by atoms with Crippen LogP contribution in [-0.2, 0) is 4.79 Å². The van der Waals surface area contributed by atoms with Crippen LogP contribution < -0.4 is 0 Å². The number of nitrogens with one attached hydrogen (secondary N) is 1. The first-order chi connectivity index (χ1) is 10.1. The molecule has 1 fully saturated rings. The molecule has 1 aliphatic heterocycles. The average Bonchev–Trinajstić information content (AvgIpc) is 3.17. The van der Waals surface area contributed by atoms with Crippen molar-refractivity contribution in [1.29, 1.82) is 0 Å². The Labute approximate surface area is 126 Å². The summed E-state index contributed by atoms with van der Waals surface area (Å²) in [5.41, 5.74) is 1.28. The fourth-order valence-electron chi connectivity index (χ4n) is 2.38. The number of amides is 2. The van der Waals surface area contributed by atoms with Gasteiger partial charge in [0.1, 0.15) is 0 Å². The molecule has 1 aliphatic rings. The molecule has 0 aromatic carbocycles. The van der Waals surface area contributed by atoms with E-state index in [1.807, 2.05) is 17.5 Å². The topological polar surface area (TPSA) is 69.3 Å². The van der Waals surface area contributed by atoms with Crippen LogP contribution in [0.15, 0.2) is 23.6 Å². The van der Waals surface area contributed by atoms with Gasteiger partial charge in [0, 0.05) is 33.1 Å². The van der Waals surface area contributed by atoms with E-state index in [-0.39, 0.29) is 11.8 Å². The smallest absolute Gasteiger partial charge is 0.274 e. The predicted octanol–water partition coefficient (Wildman–Crippen LogP) is 1.44. The summed E-state index contributed by atoms with van der Waals surface area (Å²) in [6.45, 7) is 3.84. The van der Waals surface area contributed by atoms with Crippen LogP contribution in [0.2, 0.25) is 0 Å². The van der Waals surface area contributed by atoms with Crippen molar-refractivity contribution in [3.8, 4) is 10.6 Å². The highest BCUT2D eigenvalue weighted by atomic mass is 32.1. The van der Waals surface area contributed by atoms with Crippen molar-refractivity contribution >= 4 is 23.2 Å². The summed E-state index contributed by atoms with van der Waals surface area (Å²) < 4.78 is 0. The molecule has 0 spiro atoms. The highest BCUT2D eigenvalue weighted by molar-refractivity contribution is 7.13. The molecule has 0 radical (unpaired) electrons. The first kappa shape index (κ1) is 13.8. The van der Waals surface area contributed by atoms with E-state index in [1.165, 1.54) is 0 Å². The molecule has 0 bridgehead atoms. The van der Waals surface area contributed by atoms with Crippen LogP contribution in [0.4, 0.5) is 0 Å². The van der Waals surface area contributed by atoms with Gasteiger partial charge in [-0.05, 0) is 17.5 Å². The van der Waals surface area contributed by atoms with E-state index in [9.17, 15) is 9.59 Å². The zero-order valence-corrected chi connectivity index (χ0v) is 12.5. The normalized spacial score (nSPS) is 15.3. The number of H-pyrrole nitrogens is 1. The van der Waals surface area contributed by atoms with Crippen LogP contribution in [-0.4, -0.2) is 58.0 Å². The summed E-state index contributed by atoms with van der Waals surface area (Å²) in [5, 5.41) is 9.00. The maximum Gasteiger partial charge on any atom is 0.274 e. The Morgan fingerprint density at radius 2 is 1.95 bits per heavy atom. The summed E-state index contributed by atoms with van der Waals surface area (Å²) in [4.78, 5) is 28.2. The number of piperazine rings is 1. The number of nitrogens with zero attached hydrogens (tertiary/aromatic N) is 3. The van der Waals surface area contributed by atoms with E-state index in [0.717, 1.165) is 10.6 Å². The molecule has 0 atom stereocenters. The maximum atomic E-state index is 12.4. The third-order valence-corrected chi connectivity index (χ3v) is 4.50. The minimum absolute atomic E-state index is 0.0573. The van der Waals surface area contributed by atoms with Gasteiger partial charge in [-0.2, -0.15) is 5.10 Å². The summed E-state index contributed by atoms with van der Waals surface area (Å²) in [5.74, 6) is -0.0286. The molecular weight excluding hydrogens is 288 g/mol. The van der Waals surface area contributed by atoms with Crippen molar-refractivity contribution in [1.82, 2.24) is 20.0 Å². The lowest BCUT2D eigenvalue weighted by Gasteiger charge is -2.33. The molecule has 2 amide bonds. The van der Waals surface area contributed by atoms with E-state index in [1.54, 1.807) is 34.1 Å². The van der Waals surface area contributed by atoms with Crippen molar-refractivity contribution in [3.05, 3.63) is 29.3 Å². The molecule has 21 heavy (non-hydrogen) atoms. The molecule has 0 saturated carbocycles. The van der Waals surface area contributed by atoms with Gasteiger partial charge in [-0.3, -0.25) is 14.7 Å². The molecular formula is C14H16N4O2S. The second-order valence-corrected chi connectivity index (χ2v) is 5.89. The van der Waals surface area contributed by atoms with Crippen molar-refractivity contribution in [2.45, 2.75) is 6.92 Å². The van der Waals surface area contributed by atoms with Crippen LogP contribution in [0, 0.1) is 0 Å². The second kappa shape index (κ2) is 5.69. The zero-order chi connectivity index (χ0) is 14.8. The Morgan fingerprint density at radius 1 is 1.24 bits per heavy atom. The van der Waals surface area contributed by atoms with Gasteiger partial charge in [0.15, 0.2) is 5.69 Å². The van der Waals surface area contributed by atoms with E-state index in [2.05, 4.69) is 10.2 Å². The van der Waals surface area contributed by atoms with Gasteiger partial charge >= 0.3 is 0 Å². The molecule has 1 saturated heterocycles. The van der Waals surface area contributed by atoms with Gasteiger partial charge in [0.25, 0.3) is 5.91 Å². The van der Waals surface area contributed by atoms with E-state index >= 15 is 0 Å². The predicted molar refractivity (Wildman–Crippen MR) is 80.1 cm³/mol. The minimum atomic E-state index is -0.0859. The number of hydrogen-bond acceptors (Lipinski definition) is 4. The van der Waals surface area contributed by atoms with Gasteiger partial charge in [-0.15, -0.1) is 11.3 Å². The first-order valence-corrected chi connectivity index (χ1v) is 7.67. The number of rotatable bonds is 2. The number of aromatic nitrogens is 2. The molecule has 3 heterocycles. The Balaban J connectivity index is 1.68. The zero-order valence-electron chi connectivity index (χ0n) is 11.7. The van der Waals surface area contributed by atoms with Crippen molar-refractivity contribution in [3.63, 3.8) is 0 Å². The molecule has 0 aliphatic carbocycles. The highest BCUT2D eigenvalue weighted by Gasteiger charge is 2.24. The highest BCUT2D eigenvalue weighted by Crippen LogP contribution is 2.23. The Kier molecular flexibility index (Phi) is 3.74. The van der Waals surface area contributed by atoms with Crippen molar-refractivity contribution < 1.29 is 9.59 Å². The SMILES string of the molecule is CC(=O)N1CCN(C(=O)c2cc(-c3cccs3)[nH]n2)CC1. The maximum absolute atomic E-state index is 12.4. The minimum Gasteiger partial charge on any atom is -0.339 e. The summed E-state index contributed by atoms with van der Waals surface area (Å²) in [6.07, 6.45) is 0. The van der Waals surface area contributed by atoms with Gasteiger partial charge in [-0.25, -0.2) is 0 Å². The molecule has 110 valence electrons. The molecule has 1 N–H and O–H groups in total. The standard InChI is InChI=1S/C14H16N4O2S/c1-10(19)17-4-6-18(7-5-17)14(20)12-9-11(15-16-12)13-3-2-8-21-13/h2-3,8-9H,4-7H2,1H3,(H,15,16). The van der Waals surface area contributed by atoms with Gasteiger partial charge in [0.05, 0.1) is 10.6 Å². The first-order valence-electron chi connectivity index (χ1n) is 6.79. The third-order valence-electron chi connectivity index (χ3n) is 3.60. The number of carbonyl (C=O) groups excluding carboxylic acids is 2. The molecule has 0 unspecified atom stereocenters. The molecule has 2 aromatic heterocycles. The summed E-state index contributed by atoms with van der Waals surface area (Å²) in [7, 11) is 0. The number of carbonyl (C=O) groups is 2. The molecule has 2 aromatic rings. The van der Waals surface area contributed by atoms with Crippen molar-refractivity contribution in [2.75, 3.05) is 26.2 Å². The second-order valence-electron chi connectivity index (χ2n) is 4.94. The van der Waals surface area contributed by atoms with Gasteiger partial charge in [-0.1, -0.05) is 6.07 Å². The number of thiophene rings is 1. The average molecular weight is 304 g/mol. The fourth-order valence-corrected chi connectivity index (χ4v) is 3.07. The molecule has 6 nitrogen and oxygen atoms in total. The third kappa shape index (κ3) is 2.82.